The number of anilines is 1. The second-order valence-corrected chi connectivity index (χ2v) is 9.37. The number of aromatic nitrogens is 2. The molecule has 190 valence electrons. The summed E-state index contributed by atoms with van der Waals surface area (Å²) in [4.78, 5) is 25.8. The van der Waals surface area contributed by atoms with Crippen LogP contribution < -0.4 is 5.73 Å². The van der Waals surface area contributed by atoms with Gasteiger partial charge >= 0.3 is 0 Å². The number of halogens is 2. The quantitative estimate of drug-likeness (QED) is 0.377. The largest absolute Gasteiger partial charge is 0.375 e. The van der Waals surface area contributed by atoms with E-state index in [0.717, 1.165) is 23.3 Å². The van der Waals surface area contributed by atoms with Gasteiger partial charge in [-0.05, 0) is 66.2 Å². The Bertz CT molecular complexity index is 1470. The number of benzene rings is 3. The molecule has 1 aliphatic heterocycles. The molecule has 3 aromatic carbocycles. The van der Waals surface area contributed by atoms with E-state index in [1.54, 1.807) is 23.1 Å². The van der Waals surface area contributed by atoms with E-state index < -0.39 is 11.6 Å². The highest BCUT2D eigenvalue weighted by atomic mass is 19.2. The molecule has 4 aromatic rings. The molecule has 0 radical (unpaired) electrons. The van der Waals surface area contributed by atoms with Gasteiger partial charge in [-0.2, -0.15) is 0 Å². The Kier molecular flexibility index (Phi) is 6.82. The number of likely N-dealkylation sites (N-methyl/N-ethyl adjacent to an activating group) is 1. The molecule has 1 amide bonds. The fourth-order valence-electron chi connectivity index (χ4n) is 4.51. The van der Waals surface area contributed by atoms with Crippen LogP contribution >= 0.6 is 0 Å². The number of hydrogen-bond acceptors (Lipinski definition) is 6. The van der Waals surface area contributed by atoms with Gasteiger partial charge in [-0.25, -0.2) is 18.7 Å². The fraction of sp³-hybridized carbons (Fsp3) is 0.250. The average Bonchev–Trinajstić information content (AvgIpc) is 3.31. The normalized spacial score (nSPS) is 12.9. The van der Waals surface area contributed by atoms with E-state index in [0.29, 0.717) is 53.8 Å². The lowest BCUT2D eigenvalue weighted by Crippen LogP contribution is -2.27. The van der Waals surface area contributed by atoms with Gasteiger partial charge in [0, 0.05) is 25.0 Å². The number of rotatable bonds is 7. The Morgan fingerprint density at radius 2 is 1.73 bits per heavy atom. The van der Waals surface area contributed by atoms with Crippen molar-refractivity contribution in [1.29, 1.82) is 0 Å². The maximum atomic E-state index is 14.3. The predicted octanol–water partition coefficient (Wildman–Crippen LogP) is 4.39. The molecule has 1 aliphatic rings. The van der Waals surface area contributed by atoms with E-state index in [1.807, 2.05) is 43.3 Å². The summed E-state index contributed by atoms with van der Waals surface area (Å²) in [6.07, 6.45) is 0. The Hall–Kier alpha value is -3.95. The lowest BCUT2D eigenvalue weighted by molar-refractivity contribution is 0.0747. The summed E-state index contributed by atoms with van der Waals surface area (Å²) in [5.41, 5.74) is 10.3. The highest BCUT2D eigenvalue weighted by Crippen LogP contribution is 2.32. The minimum atomic E-state index is -0.966. The number of carbonyl (C=O) groups excluding carboxylic acids is 1. The Morgan fingerprint density at radius 1 is 1.03 bits per heavy atom. The molecule has 2 N–H and O–H groups in total. The first-order valence-electron chi connectivity index (χ1n) is 11.9. The van der Waals surface area contributed by atoms with Gasteiger partial charge in [-0.15, -0.1) is 0 Å². The minimum Gasteiger partial charge on any atom is -0.375 e. The number of nitrogens with two attached hydrogens (primary N) is 1. The summed E-state index contributed by atoms with van der Waals surface area (Å²) in [6, 6.07) is 15.4. The van der Waals surface area contributed by atoms with Crippen molar-refractivity contribution in [3.05, 3.63) is 88.6 Å². The molecule has 37 heavy (non-hydrogen) atoms. The lowest BCUT2D eigenvalue weighted by atomic mass is 9.97. The molecule has 9 heteroatoms. The zero-order valence-electron chi connectivity index (χ0n) is 20.7. The van der Waals surface area contributed by atoms with Crippen molar-refractivity contribution in [2.45, 2.75) is 19.7 Å². The van der Waals surface area contributed by atoms with Crippen LogP contribution in [0.4, 0.5) is 14.7 Å². The fourth-order valence-corrected chi connectivity index (χ4v) is 4.51. The van der Waals surface area contributed by atoms with Crippen molar-refractivity contribution in [2.24, 2.45) is 0 Å². The van der Waals surface area contributed by atoms with Crippen molar-refractivity contribution in [1.82, 2.24) is 19.8 Å². The van der Waals surface area contributed by atoms with Gasteiger partial charge in [0.2, 0.25) is 5.95 Å². The summed E-state index contributed by atoms with van der Waals surface area (Å²) >= 11 is 0. The first-order chi connectivity index (χ1) is 17.8. The number of ether oxygens (including phenoxy) is 1. The Morgan fingerprint density at radius 3 is 2.43 bits per heavy atom. The molecule has 0 aliphatic carbocycles. The van der Waals surface area contributed by atoms with Gasteiger partial charge in [0.25, 0.3) is 5.91 Å². The van der Waals surface area contributed by atoms with Crippen LogP contribution in [0.25, 0.3) is 22.0 Å². The summed E-state index contributed by atoms with van der Waals surface area (Å²) in [7, 11) is 3.85. The standard InChI is InChI=1S/C28H27F2N5O2/c1-34(2)9-10-37-16-20-12-23(29)24(30)13-21(20)17-7-8-25-22(11-17)26(33-28(31)32-25)27(36)35-14-18-5-3-4-6-19(18)15-35/h3-8,11-13H,9-10,14-16H2,1-2H3,(H2,31,32,33). The van der Waals surface area contributed by atoms with E-state index in [9.17, 15) is 13.6 Å². The van der Waals surface area contributed by atoms with Crippen LogP contribution in [0.5, 0.6) is 0 Å². The number of nitrogens with zero attached hydrogens (tertiary/aromatic N) is 4. The van der Waals surface area contributed by atoms with E-state index in [4.69, 9.17) is 10.5 Å². The summed E-state index contributed by atoms with van der Waals surface area (Å²) < 4.78 is 34.2. The van der Waals surface area contributed by atoms with Gasteiger partial charge in [0.05, 0.1) is 18.7 Å². The maximum Gasteiger partial charge on any atom is 0.273 e. The zero-order valence-corrected chi connectivity index (χ0v) is 20.7. The van der Waals surface area contributed by atoms with Crippen LogP contribution in [0, 0.1) is 11.6 Å². The number of carbonyl (C=O) groups is 1. The summed E-state index contributed by atoms with van der Waals surface area (Å²) in [6.45, 7) is 2.18. The molecule has 0 spiro atoms. The zero-order chi connectivity index (χ0) is 26.1. The van der Waals surface area contributed by atoms with Crippen molar-refractivity contribution in [3.63, 3.8) is 0 Å². The minimum absolute atomic E-state index is 0.0110. The maximum absolute atomic E-state index is 14.3. The van der Waals surface area contributed by atoms with Crippen LogP contribution in [0.2, 0.25) is 0 Å². The molecule has 0 saturated heterocycles. The van der Waals surface area contributed by atoms with Crippen LogP contribution in [-0.2, 0) is 24.4 Å². The molecule has 7 nitrogen and oxygen atoms in total. The van der Waals surface area contributed by atoms with Gasteiger partial charge in [0.15, 0.2) is 11.6 Å². The summed E-state index contributed by atoms with van der Waals surface area (Å²) in [5, 5.41) is 0.483. The second kappa shape index (κ2) is 10.2. The van der Waals surface area contributed by atoms with Crippen molar-refractivity contribution >= 4 is 22.8 Å². The third-order valence-electron chi connectivity index (χ3n) is 6.44. The second-order valence-electron chi connectivity index (χ2n) is 9.37. The monoisotopic (exact) mass is 503 g/mol. The third-order valence-corrected chi connectivity index (χ3v) is 6.44. The number of amides is 1. The van der Waals surface area contributed by atoms with Crippen LogP contribution in [0.3, 0.4) is 0 Å². The number of nitrogen functional groups attached to an aromatic ring is 1. The van der Waals surface area contributed by atoms with Crippen molar-refractivity contribution in [2.75, 3.05) is 33.0 Å². The van der Waals surface area contributed by atoms with E-state index in [1.165, 1.54) is 0 Å². The molecule has 0 unspecified atom stereocenters. The average molecular weight is 504 g/mol. The molecule has 0 atom stereocenters. The molecule has 0 saturated carbocycles. The number of hydrogen-bond donors (Lipinski definition) is 1. The lowest BCUT2D eigenvalue weighted by Gasteiger charge is -2.17. The van der Waals surface area contributed by atoms with Crippen molar-refractivity contribution in [3.8, 4) is 11.1 Å². The molecular weight excluding hydrogens is 476 g/mol. The molecule has 0 bridgehead atoms. The molecule has 1 aromatic heterocycles. The predicted molar refractivity (Wildman–Crippen MR) is 138 cm³/mol. The van der Waals surface area contributed by atoms with E-state index >= 15 is 0 Å². The van der Waals surface area contributed by atoms with Crippen LogP contribution in [0.15, 0.2) is 54.6 Å². The first kappa shape index (κ1) is 24.7. The topological polar surface area (TPSA) is 84.6 Å². The smallest absolute Gasteiger partial charge is 0.273 e. The molecule has 5 rings (SSSR count). The highest BCUT2D eigenvalue weighted by Gasteiger charge is 2.27. The SMILES string of the molecule is CN(C)CCOCc1cc(F)c(F)cc1-c1ccc2nc(N)nc(C(=O)N3Cc4ccccc4C3)c2c1. The molecular formula is C28H27F2N5O2. The van der Waals surface area contributed by atoms with E-state index in [2.05, 4.69) is 9.97 Å². The molecule has 2 heterocycles. The van der Waals surface area contributed by atoms with Gasteiger partial charge in [-0.1, -0.05) is 30.3 Å². The van der Waals surface area contributed by atoms with Crippen LogP contribution in [-0.4, -0.2) is 52.9 Å². The highest BCUT2D eigenvalue weighted by molar-refractivity contribution is 6.06. The van der Waals surface area contributed by atoms with Gasteiger partial charge < -0.3 is 20.3 Å². The third kappa shape index (κ3) is 5.14. The summed E-state index contributed by atoms with van der Waals surface area (Å²) in [5.74, 6) is -2.20. The van der Waals surface area contributed by atoms with Gasteiger partial charge in [0.1, 0.15) is 5.69 Å². The first-order valence-corrected chi connectivity index (χ1v) is 11.9. The van der Waals surface area contributed by atoms with Crippen LogP contribution in [0.1, 0.15) is 27.2 Å². The molecule has 0 fully saturated rings. The number of fused-ring (bicyclic) bond motifs is 2. The Labute approximate surface area is 213 Å². The van der Waals surface area contributed by atoms with Crippen molar-refractivity contribution < 1.29 is 18.3 Å². The van der Waals surface area contributed by atoms with Gasteiger partial charge in [-0.3, -0.25) is 4.79 Å². The van der Waals surface area contributed by atoms with E-state index in [-0.39, 0.29) is 24.2 Å². The Balaban J connectivity index is 1.52.